The van der Waals surface area contributed by atoms with Gasteiger partial charge in [0.1, 0.15) is 4.21 Å². The molecule has 1 fully saturated rings. The molecule has 2 heterocycles. The Balaban J connectivity index is 2.21. The van der Waals surface area contributed by atoms with Crippen molar-refractivity contribution in [2.75, 3.05) is 26.3 Å². The Bertz CT molecular complexity index is 536. The van der Waals surface area contributed by atoms with E-state index in [0.717, 1.165) is 4.88 Å². The second-order valence-corrected chi connectivity index (χ2v) is 8.47. The molecule has 7 heteroatoms. The average Bonchev–Trinajstić information content (AvgIpc) is 2.77. The van der Waals surface area contributed by atoms with Gasteiger partial charge in [0.25, 0.3) is 10.0 Å². The number of hydrogen-bond acceptors (Lipinski definition) is 5. The average molecular weight is 305 g/mol. The minimum atomic E-state index is -3.44. The molecule has 0 bridgehead atoms. The second kappa shape index (κ2) is 5.49. The molecular weight excluding hydrogens is 286 g/mol. The fraction of sp³-hybridized carbons (Fsp3) is 0.667. The van der Waals surface area contributed by atoms with E-state index in [0.29, 0.717) is 30.3 Å². The molecule has 0 amide bonds. The van der Waals surface area contributed by atoms with Crippen LogP contribution in [0.5, 0.6) is 0 Å². The van der Waals surface area contributed by atoms with E-state index in [9.17, 15) is 8.42 Å². The van der Waals surface area contributed by atoms with E-state index in [-0.39, 0.29) is 6.61 Å². The third kappa shape index (κ3) is 3.35. The molecule has 19 heavy (non-hydrogen) atoms. The van der Waals surface area contributed by atoms with Crippen LogP contribution in [0.4, 0.5) is 0 Å². The Morgan fingerprint density at radius 1 is 1.47 bits per heavy atom. The summed E-state index contributed by atoms with van der Waals surface area (Å²) in [6.45, 7) is 4.98. The van der Waals surface area contributed by atoms with E-state index in [1.54, 1.807) is 12.1 Å². The highest BCUT2D eigenvalue weighted by Gasteiger charge is 2.35. The molecule has 1 N–H and O–H groups in total. The number of morpholine rings is 1. The minimum Gasteiger partial charge on any atom is -0.396 e. The zero-order chi connectivity index (χ0) is 14.1. The van der Waals surface area contributed by atoms with Gasteiger partial charge in [-0.3, -0.25) is 0 Å². The standard InChI is InChI=1S/C12H19NO4S2/c1-12(2)9-13(6-8-17-12)19(15,16)11-4-3-10(18-11)5-7-14/h3-4,14H,5-9H2,1-2H3. The normalized spacial score (nSPS) is 20.6. The van der Waals surface area contributed by atoms with Crippen LogP contribution in [0.2, 0.25) is 0 Å². The van der Waals surface area contributed by atoms with Gasteiger partial charge >= 0.3 is 0 Å². The van der Waals surface area contributed by atoms with Gasteiger partial charge in [0.15, 0.2) is 0 Å². The number of rotatable bonds is 4. The highest BCUT2D eigenvalue weighted by molar-refractivity contribution is 7.91. The Labute approximate surface area is 117 Å². The Hall–Kier alpha value is -0.470. The smallest absolute Gasteiger partial charge is 0.252 e. The summed E-state index contributed by atoms with van der Waals surface area (Å²) < 4.78 is 32.4. The maximum atomic E-state index is 12.5. The van der Waals surface area contributed by atoms with Crippen molar-refractivity contribution in [3.8, 4) is 0 Å². The van der Waals surface area contributed by atoms with Crippen LogP contribution in [-0.4, -0.2) is 49.7 Å². The van der Waals surface area contributed by atoms with Gasteiger partial charge < -0.3 is 9.84 Å². The van der Waals surface area contributed by atoms with Crippen LogP contribution in [0.3, 0.4) is 0 Å². The number of aliphatic hydroxyl groups is 1. The van der Waals surface area contributed by atoms with Gasteiger partial charge in [0, 0.05) is 31.0 Å². The Morgan fingerprint density at radius 3 is 2.84 bits per heavy atom. The molecular formula is C12H19NO4S2. The van der Waals surface area contributed by atoms with Crippen molar-refractivity contribution in [1.82, 2.24) is 4.31 Å². The number of nitrogens with zero attached hydrogens (tertiary/aromatic N) is 1. The van der Waals surface area contributed by atoms with Gasteiger partial charge in [0.05, 0.1) is 12.2 Å². The van der Waals surface area contributed by atoms with Crippen molar-refractivity contribution in [1.29, 1.82) is 0 Å². The Morgan fingerprint density at radius 2 is 2.21 bits per heavy atom. The van der Waals surface area contributed by atoms with Crippen molar-refractivity contribution in [2.45, 2.75) is 30.1 Å². The van der Waals surface area contributed by atoms with Gasteiger partial charge in [-0.1, -0.05) is 0 Å². The summed E-state index contributed by atoms with van der Waals surface area (Å²) in [5, 5.41) is 8.88. The summed E-state index contributed by atoms with van der Waals surface area (Å²) in [7, 11) is -3.44. The third-order valence-corrected chi connectivity index (χ3v) is 6.44. The molecule has 1 aliphatic heterocycles. The number of ether oxygens (including phenoxy) is 1. The molecule has 1 aromatic rings. The van der Waals surface area contributed by atoms with E-state index in [1.807, 2.05) is 13.8 Å². The quantitative estimate of drug-likeness (QED) is 0.904. The molecule has 0 saturated carbocycles. The fourth-order valence-electron chi connectivity index (χ4n) is 2.05. The Kier molecular flexibility index (Phi) is 4.32. The summed E-state index contributed by atoms with van der Waals surface area (Å²) in [4.78, 5) is 0.883. The molecule has 0 spiro atoms. The number of thiophene rings is 1. The van der Waals surface area contributed by atoms with E-state index < -0.39 is 15.6 Å². The molecule has 1 aliphatic rings. The summed E-state index contributed by atoms with van der Waals surface area (Å²) >= 11 is 1.23. The first kappa shape index (κ1) is 14.9. The van der Waals surface area contributed by atoms with Crippen LogP contribution >= 0.6 is 11.3 Å². The zero-order valence-electron chi connectivity index (χ0n) is 11.1. The van der Waals surface area contributed by atoms with Crippen molar-refractivity contribution in [2.24, 2.45) is 0 Å². The highest BCUT2D eigenvalue weighted by Crippen LogP contribution is 2.28. The summed E-state index contributed by atoms with van der Waals surface area (Å²) in [5.41, 5.74) is -0.448. The van der Waals surface area contributed by atoms with E-state index in [2.05, 4.69) is 0 Å². The van der Waals surface area contributed by atoms with Crippen molar-refractivity contribution >= 4 is 21.4 Å². The highest BCUT2D eigenvalue weighted by atomic mass is 32.2. The molecule has 0 radical (unpaired) electrons. The number of sulfonamides is 1. The van der Waals surface area contributed by atoms with Crippen LogP contribution in [0.25, 0.3) is 0 Å². The van der Waals surface area contributed by atoms with E-state index in [1.165, 1.54) is 15.6 Å². The maximum Gasteiger partial charge on any atom is 0.252 e. The number of hydrogen-bond donors (Lipinski definition) is 1. The number of aliphatic hydroxyl groups excluding tert-OH is 1. The van der Waals surface area contributed by atoms with Gasteiger partial charge in [-0.2, -0.15) is 4.31 Å². The predicted octanol–water partition coefficient (Wildman–Crippen LogP) is 1.08. The molecule has 108 valence electrons. The van der Waals surface area contributed by atoms with Crippen LogP contribution < -0.4 is 0 Å². The predicted molar refractivity (Wildman–Crippen MR) is 73.9 cm³/mol. The van der Waals surface area contributed by atoms with Gasteiger partial charge in [0.2, 0.25) is 0 Å². The molecule has 5 nitrogen and oxygen atoms in total. The molecule has 1 aromatic heterocycles. The first-order chi connectivity index (χ1) is 8.85. The minimum absolute atomic E-state index is 0.0323. The largest absolute Gasteiger partial charge is 0.396 e. The van der Waals surface area contributed by atoms with Gasteiger partial charge in [-0.05, 0) is 26.0 Å². The topological polar surface area (TPSA) is 66.8 Å². The van der Waals surface area contributed by atoms with Gasteiger partial charge in [-0.25, -0.2) is 8.42 Å². The fourth-order valence-corrected chi connectivity index (χ4v) is 5.12. The zero-order valence-corrected chi connectivity index (χ0v) is 12.8. The van der Waals surface area contributed by atoms with Gasteiger partial charge in [-0.15, -0.1) is 11.3 Å². The van der Waals surface area contributed by atoms with Crippen LogP contribution in [0, 0.1) is 0 Å². The van der Waals surface area contributed by atoms with E-state index >= 15 is 0 Å². The van der Waals surface area contributed by atoms with Crippen LogP contribution in [-0.2, 0) is 21.2 Å². The maximum absolute atomic E-state index is 12.5. The summed E-state index contributed by atoms with van der Waals surface area (Å²) in [6, 6.07) is 3.38. The molecule has 2 rings (SSSR count). The molecule has 0 atom stereocenters. The lowest BCUT2D eigenvalue weighted by Crippen LogP contribution is -2.50. The monoisotopic (exact) mass is 305 g/mol. The third-order valence-electron chi connectivity index (χ3n) is 2.98. The lowest BCUT2D eigenvalue weighted by molar-refractivity contribution is -0.0639. The SMILES string of the molecule is CC1(C)CN(S(=O)(=O)c2ccc(CCO)s2)CCO1. The van der Waals surface area contributed by atoms with Crippen molar-refractivity contribution < 1.29 is 18.3 Å². The van der Waals surface area contributed by atoms with Crippen molar-refractivity contribution in [3.05, 3.63) is 17.0 Å². The molecule has 0 aromatic carbocycles. The molecule has 0 aliphatic carbocycles. The summed E-state index contributed by atoms with van der Waals surface area (Å²) in [6.07, 6.45) is 0.495. The summed E-state index contributed by atoms with van der Waals surface area (Å²) in [5.74, 6) is 0. The lowest BCUT2D eigenvalue weighted by Gasteiger charge is -2.37. The van der Waals surface area contributed by atoms with Crippen LogP contribution in [0.15, 0.2) is 16.3 Å². The van der Waals surface area contributed by atoms with Crippen molar-refractivity contribution in [3.63, 3.8) is 0 Å². The first-order valence-electron chi connectivity index (χ1n) is 6.19. The lowest BCUT2D eigenvalue weighted by atomic mass is 10.1. The first-order valence-corrected chi connectivity index (χ1v) is 8.44. The van der Waals surface area contributed by atoms with E-state index in [4.69, 9.17) is 9.84 Å². The molecule has 0 unspecified atom stereocenters. The molecule has 1 saturated heterocycles. The second-order valence-electron chi connectivity index (χ2n) is 5.14. The van der Waals surface area contributed by atoms with Crippen LogP contribution in [0.1, 0.15) is 18.7 Å².